The molecule has 0 atom stereocenters. The fourth-order valence-electron chi connectivity index (χ4n) is 1.49. The summed E-state index contributed by atoms with van der Waals surface area (Å²) in [5.74, 6) is -0.257. The molecule has 0 spiro atoms. The van der Waals surface area contributed by atoms with E-state index in [-0.39, 0.29) is 29.6 Å². The van der Waals surface area contributed by atoms with E-state index in [0.717, 1.165) is 0 Å². The number of hydrogen-bond donors (Lipinski definition) is 1. The monoisotopic (exact) mass is 233 g/mol. The largest absolute Gasteiger partial charge is 0.334 e. The summed E-state index contributed by atoms with van der Waals surface area (Å²) in [5, 5.41) is 8.55. The summed E-state index contributed by atoms with van der Waals surface area (Å²) >= 11 is 0. The van der Waals surface area contributed by atoms with Crippen molar-refractivity contribution in [2.24, 2.45) is 0 Å². The standard InChI is InChI=1S/C12H15N3O2/c1-9(2)15(8-4-7-13)12(17)10-5-3-6-11(16)14-10/h3,5-6,9H,4,8H2,1-2H3,(H,14,16). The SMILES string of the molecule is CC(C)N(CCC#N)C(=O)c1cccc(=O)[nH]1. The van der Waals surface area contributed by atoms with Crippen LogP contribution in [0.1, 0.15) is 30.8 Å². The van der Waals surface area contributed by atoms with Gasteiger partial charge in [0.05, 0.1) is 12.5 Å². The third-order valence-electron chi connectivity index (χ3n) is 2.35. The van der Waals surface area contributed by atoms with E-state index in [1.54, 1.807) is 11.0 Å². The Kier molecular flexibility index (Phi) is 4.46. The van der Waals surface area contributed by atoms with Gasteiger partial charge in [-0.05, 0) is 19.9 Å². The summed E-state index contributed by atoms with van der Waals surface area (Å²) in [6.07, 6.45) is 0.279. The van der Waals surface area contributed by atoms with Crippen LogP contribution in [0, 0.1) is 11.3 Å². The number of aromatic nitrogens is 1. The Morgan fingerprint density at radius 3 is 2.76 bits per heavy atom. The third kappa shape index (κ3) is 3.45. The van der Waals surface area contributed by atoms with Crippen molar-refractivity contribution in [1.29, 1.82) is 5.26 Å². The zero-order valence-electron chi connectivity index (χ0n) is 9.93. The van der Waals surface area contributed by atoms with Gasteiger partial charge in [0.2, 0.25) is 5.56 Å². The average molecular weight is 233 g/mol. The van der Waals surface area contributed by atoms with E-state index in [0.29, 0.717) is 6.54 Å². The van der Waals surface area contributed by atoms with Gasteiger partial charge in [0.1, 0.15) is 5.69 Å². The van der Waals surface area contributed by atoms with Crippen LogP contribution in [-0.2, 0) is 0 Å². The van der Waals surface area contributed by atoms with Crippen molar-refractivity contribution in [3.8, 4) is 6.07 Å². The lowest BCUT2D eigenvalue weighted by Gasteiger charge is -2.25. The molecule has 5 heteroatoms. The van der Waals surface area contributed by atoms with Crippen molar-refractivity contribution >= 4 is 5.91 Å². The number of rotatable bonds is 4. The molecule has 1 aromatic heterocycles. The quantitative estimate of drug-likeness (QED) is 0.847. The van der Waals surface area contributed by atoms with Gasteiger partial charge in [0, 0.05) is 18.7 Å². The van der Waals surface area contributed by atoms with Crippen molar-refractivity contribution in [1.82, 2.24) is 9.88 Å². The topological polar surface area (TPSA) is 77.0 Å². The molecule has 5 nitrogen and oxygen atoms in total. The van der Waals surface area contributed by atoms with Crippen LogP contribution in [0.15, 0.2) is 23.0 Å². The van der Waals surface area contributed by atoms with Crippen LogP contribution < -0.4 is 5.56 Å². The minimum atomic E-state index is -0.306. The van der Waals surface area contributed by atoms with Crippen molar-refractivity contribution < 1.29 is 4.79 Å². The molecule has 0 aromatic carbocycles. The average Bonchev–Trinajstić information content (AvgIpc) is 2.29. The maximum Gasteiger partial charge on any atom is 0.270 e. The summed E-state index contributed by atoms with van der Waals surface area (Å²) in [4.78, 5) is 27.3. The molecule has 1 N–H and O–H groups in total. The summed E-state index contributed by atoms with van der Waals surface area (Å²) in [7, 11) is 0. The molecule has 0 saturated heterocycles. The highest BCUT2D eigenvalue weighted by atomic mass is 16.2. The number of nitrogens with zero attached hydrogens (tertiary/aromatic N) is 2. The van der Waals surface area contributed by atoms with E-state index in [4.69, 9.17) is 5.26 Å². The van der Waals surface area contributed by atoms with Crippen LogP contribution in [0.2, 0.25) is 0 Å². The van der Waals surface area contributed by atoms with E-state index in [9.17, 15) is 9.59 Å². The van der Waals surface area contributed by atoms with Gasteiger partial charge in [-0.3, -0.25) is 9.59 Å². The fourth-order valence-corrected chi connectivity index (χ4v) is 1.49. The van der Waals surface area contributed by atoms with Gasteiger partial charge < -0.3 is 9.88 Å². The number of aromatic amines is 1. The number of hydrogen-bond acceptors (Lipinski definition) is 3. The van der Waals surface area contributed by atoms with Crippen molar-refractivity contribution in [3.63, 3.8) is 0 Å². The first-order valence-electron chi connectivity index (χ1n) is 5.43. The smallest absolute Gasteiger partial charge is 0.270 e. The molecule has 0 bridgehead atoms. The highest BCUT2D eigenvalue weighted by molar-refractivity contribution is 5.92. The number of H-pyrrole nitrogens is 1. The third-order valence-corrected chi connectivity index (χ3v) is 2.35. The second-order valence-electron chi connectivity index (χ2n) is 3.93. The minimum Gasteiger partial charge on any atom is -0.334 e. The molecule has 0 aliphatic heterocycles. The van der Waals surface area contributed by atoms with Crippen LogP contribution in [0.5, 0.6) is 0 Å². The van der Waals surface area contributed by atoms with Gasteiger partial charge in [-0.1, -0.05) is 6.07 Å². The van der Waals surface area contributed by atoms with Crippen molar-refractivity contribution in [2.75, 3.05) is 6.54 Å². The normalized spacial score (nSPS) is 10.0. The van der Waals surface area contributed by atoms with E-state index in [1.165, 1.54) is 12.1 Å². The van der Waals surface area contributed by atoms with Gasteiger partial charge in [-0.25, -0.2) is 0 Å². The number of carbonyl (C=O) groups is 1. The summed E-state index contributed by atoms with van der Waals surface area (Å²) < 4.78 is 0. The molecule has 0 fully saturated rings. The molecule has 1 rings (SSSR count). The number of pyridine rings is 1. The second-order valence-corrected chi connectivity index (χ2v) is 3.93. The van der Waals surface area contributed by atoms with Gasteiger partial charge in [0.15, 0.2) is 0 Å². The molecular formula is C12H15N3O2. The van der Waals surface area contributed by atoms with Gasteiger partial charge in [-0.2, -0.15) is 5.26 Å². The van der Waals surface area contributed by atoms with Crippen molar-refractivity contribution in [2.45, 2.75) is 26.3 Å². The van der Waals surface area contributed by atoms with Crippen LogP contribution in [0.25, 0.3) is 0 Å². The first kappa shape index (κ1) is 13.0. The molecule has 1 amide bonds. The number of nitriles is 1. The molecule has 1 aromatic rings. The minimum absolute atomic E-state index is 0.0143. The lowest BCUT2D eigenvalue weighted by atomic mass is 10.2. The first-order chi connectivity index (χ1) is 8.06. The van der Waals surface area contributed by atoms with Crippen LogP contribution in [0.4, 0.5) is 0 Å². The summed E-state index contributed by atoms with van der Waals surface area (Å²) in [6, 6.07) is 6.44. The summed E-state index contributed by atoms with van der Waals surface area (Å²) in [6.45, 7) is 4.11. The molecule has 0 aliphatic carbocycles. The molecule has 0 aliphatic rings. The Morgan fingerprint density at radius 2 is 2.24 bits per heavy atom. The lowest BCUT2D eigenvalue weighted by molar-refractivity contribution is 0.0704. The van der Waals surface area contributed by atoms with Crippen molar-refractivity contribution in [3.05, 3.63) is 34.2 Å². The van der Waals surface area contributed by atoms with E-state index >= 15 is 0 Å². The number of nitrogens with one attached hydrogen (secondary N) is 1. The first-order valence-corrected chi connectivity index (χ1v) is 5.43. The number of carbonyl (C=O) groups excluding carboxylic acids is 1. The molecular weight excluding hydrogens is 218 g/mol. The Hall–Kier alpha value is -2.09. The van der Waals surface area contributed by atoms with Gasteiger partial charge in [0.25, 0.3) is 5.91 Å². The Balaban J connectivity index is 2.92. The summed E-state index contributed by atoms with van der Waals surface area (Å²) in [5.41, 5.74) is -0.0519. The lowest BCUT2D eigenvalue weighted by Crippen LogP contribution is -2.38. The van der Waals surface area contributed by atoms with Crippen LogP contribution in [-0.4, -0.2) is 28.4 Å². The molecule has 0 saturated carbocycles. The fraction of sp³-hybridized carbons (Fsp3) is 0.417. The van der Waals surface area contributed by atoms with E-state index in [2.05, 4.69) is 4.98 Å². The number of amides is 1. The zero-order valence-corrected chi connectivity index (χ0v) is 9.93. The Bertz CT molecular complexity index is 485. The molecule has 1 heterocycles. The molecule has 17 heavy (non-hydrogen) atoms. The molecule has 0 radical (unpaired) electrons. The highest BCUT2D eigenvalue weighted by Gasteiger charge is 2.18. The van der Waals surface area contributed by atoms with Gasteiger partial charge >= 0.3 is 0 Å². The molecule has 90 valence electrons. The van der Waals surface area contributed by atoms with Crippen LogP contribution >= 0.6 is 0 Å². The predicted octanol–water partition coefficient (Wildman–Crippen LogP) is 1.14. The Morgan fingerprint density at radius 1 is 1.53 bits per heavy atom. The van der Waals surface area contributed by atoms with E-state index in [1.807, 2.05) is 19.9 Å². The maximum atomic E-state index is 12.1. The predicted molar refractivity (Wildman–Crippen MR) is 63.5 cm³/mol. The Labute approximate surface area is 99.7 Å². The van der Waals surface area contributed by atoms with Crippen LogP contribution in [0.3, 0.4) is 0 Å². The second kappa shape index (κ2) is 5.85. The van der Waals surface area contributed by atoms with Gasteiger partial charge in [-0.15, -0.1) is 0 Å². The molecule has 0 unspecified atom stereocenters. The zero-order chi connectivity index (χ0) is 12.8. The highest BCUT2D eigenvalue weighted by Crippen LogP contribution is 2.05. The maximum absolute atomic E-state index is 12.1. The van der Waals surface area contributed by atoms with E-state index < -0.39 is 0 Å².